The van der Waals surface area contributed by atoms with Gasteiger partial charge in [-0.2, -0.15) is 0 Å². The first kappa shape index (κ1) is 19.1. The second-order valence-electron chi connectivity index (χ2n) is 6.91. The van der Waals surface area contributed by atoms with Gasteiger partial charge in [0.25, 0.3) is 5.91 Å². The standard InChI is InChI=1S/C22H25NO4/c1-15(2)26-12-6-11-23-21(24)17-9-10-19-18(13-17)14-20(27-22(19)25)16-7-4-3-5-8-16/h3-5,7-10,13,15,20H,6,11-12,14H2,1-2H3,(H,23,24)/t20-/m0/s1. The lowest BCUT2D eigenvalue weighted by Gasteiger charge is -2.25. The fourth-order valence-corrected chi connectivity index (χ4v) is 3.09. The van der Waals surface area contributed by atoms with Crippen molar-refractivity contribution in [2.45, 2.75) is 38.9 Å². The average molecular weight is 367 g/mol. The van der Waals surface area contributed by atoms with Crippen molar-refractivity contribution in [3.05, 3.63) is 70.8 Å². The molecule has 0 saturated heterocycles. The van der Waals surface area contributed by atoms with Crippen LogP contribution in [0.3, 0.4) is 0 Å². The monoisotopic (exact) mass is 367 g/mol. The summed E-state index contributed by atoms with van der Waals surface area (Å²) in [6.07, 6.45) is 1.20. The summed E-state index contributed by atoms with van der Waals surface area (Å²) in [5.74, 6) is -0.486. The fourth-order valence-electron chi connectivity index (χ4n) is 3.09. The van der Waals surface area contributed by atoms with Crippen LogP contribution in [0.25, 0.3) is 0 Å². The van der Waals surface area contributed by atoms with Crippen LogP contribution in [-0.2, 0) is 15.9 Å². The Morgan fingerprint density at radius 2 is 2.00 bits per heavy atom. The molecule has 0 aromatic heterocycles. The minimum absolute atomic E-state index is 0.141. The molecule has 27 heavy (non-hydrogen) atoms. The van der Waals surface area contributed by atoms with Crippen molar-refractivity contribution in [1.29, 1.82) is 0 Å². The predicted molar refractivity (Wildman–Crippen MR) is 103 cm³/mol. The van der Waals surface area contributed by atoms with Crippen molar-refractivity contribution < 1.29 is 19.1 Å². The molecule has 1 atom stereocenters. The van der Waals surface area contributed by atoms with Gasteiger partial charge in [0, 0.05) is 25.1 Å². The van der Waals surface area contributed by atoms with E-state index in [4.69, 9.17) is 9.47 Å². The maximum absolute atomic E-state index is 12.4. The van der Waals surface area contributed by atoms with E-state index in [0.29, 0.717) is 30.7 Å². The maximum atomic E-state index is 12.4. The molecule has 0 saturated carbocycles. The summed E-state index contributed by atoms with van der Waals surface area (Å²) in [5, 5.41) is 2.90. The van der Waals surface area contributed by atoms with Gasteiger partial charge in [-0.3, -0.25) is 4.79 Å². The third kappa shape index (κ3) is 4.95. The Labute approximate surface area is 159 Å². The molecule has 0 aliphatic carbocycles. The quantitative estimate of drug-likeness (QED) is 0.599. The van der Waals surface area contributed by atoms with Crippen LogP contribution < -0.4 is 5.32 Å². The third-order valence-electron chi connectivity index (χ3n) is 4.47. The summed E-state index contributed by atoms with van der Waals surface area (Å²) in [7, 11) is 0. The van der Waals surface area contributed by atoms with Gasteiger partial charge in [-0.25, -0.2) is 4.79 Å². The van der Waals surface area contributed by atoms with E-state index in [1.165, 1.54) is 0 Å². The van der Waals surface area contributed by atoms with Crippen LogP contribution in [0.1, 0.15) is 58.2 Å². The van der Waals surface area contributed by atoms with E-state index in [1.54, 1.807) is 18.2 Å². The van der Waals surface area contributed by atoms with Gasteiger partial charge in [-0.1, -0.05) is 30.3 Å². The molecule has 5 nitrogen and oxygen atoms in total. The number of hydrogen-bond donors (Lipinski definition) is 1. The van der Waals surface area contributed by atoms with E-state index in [1.807, 2.05) is 44.2 Å². The van der Waals surface area contributed by atoms with Crippen LogP contribution in [-0.4, -0.2) is 31.1 Å². The van der Waals surface area contributed by atoms with E-state index in [-0.39, 0.29) is 24.1 Å². The first-order valence-electron chi connectivity index (χ1n) is 9.33. The molecule has 0 fully saturated rings. The highest BCUT2D eigenvalue weighted by Crippen LogP contribution is 2.31. The fraction of sp³-hybridized carbons (Fsp3) is 0.364. The molecule has 142 valence electrons. The number of hydrogen-bond acceptors (Lipinski definition) is 4. The van der Waals surface area contributed by atoms with Gasteiger partial charge in [-0.15, -0.1) is 0 Å². The SMILES string of the molecule is CC(C)OCCCNC(=O)c1ccc2c(c1)C[C@@H](c1ccccc1)OC2=O. The van der Waals surface area contributed by atoms with Gasteiger partial charge in [0.05, 0.1) is 11.7 Å². The highest BCUT2D eigenvalue weighted by atomic mass is 16.5. The van der Waals surface area contributed by atoms with E-state index in [2.05, 4.69) is 5.32 Å². The molecule has 0 bridgehead atoms. The summed E-state index contributed by atoms with van der Waals surface area (Å²) in [5.41, 5.74) is 2.89. The van der Waals surface area contributed by atoms with Crippen molar-refractivity contribution in [2.24, 2.45) is 0 Å². The molecule has 1 heterocycles. The van der Waals surface area contributed by atoms with Gasteiger partial charge < -0.3 is 14.8 Å². The average Bonchev–Trinajstić information content (AvgIpc) is 2.67. The number of benzene rings is 2. The van der Waals surface area contributed by atoms with Crippen LogP contribution in [0.5, 0.6) is 0 Å². The highest BCUT2D eigenvalue weighted by molar-refractivity contribution is 5.97. The smallest absolute Gasteiger partial charge is 0.339 e. The summed E-state index contributed by atoms with van der Waals surface area (Å²) in [6.45, 7) is 5.14. The van der Waals surface area contributed by atoms with Crippen LogP contribution in [0.2, 0.25) is 0 Å². The lowest BCUT2D eigenvalue weighted by atomic mass is 9.93. The predicted octanol–water partition coefficient (Wildman–Crippen LogP) is 3.69. The van der Waals surface area contributed by atoms with E-state index in [0.717, 1.165) is 17.5 Å². The van der Waals surface area contributed by atoms with Gasteiger partial charge in [0.1, 0.15) is 6.10 Å². The topological polar surface area (TPSA) is 64.6 Å². The van der Waals surface area contributed by atoms with Crippen molar-refractivity contribution >= 4 is 11.9 Å². The highest BCUT2D eigenvalue weighted by Gasteiger charge is 2.28. The van der Waals surface area contributed by atoms with Gasteiger partial charge in [0.15, 0.2) is 0 Å². The van der Waals surface area contributed by atoms with Crippen LogP contribution in [0.15, 0.2) is 48.5 Å². The number of cyclic esters (lactones) is 1. The van der Waals surface area contributed by atoms with Gasteiger partial charge >= 0.3 is 5.97 Å². The first-order valence-corrected chi connectivity index (χ1v) is 9.33. The summed E-state index contributed by atoms with van der Waals surface area (Å²) >= 11 is 0. The minimum atomic E-state index is -0.345. The molecule has 0 spiro atoms. The molecule has 2 aromatic carbocycles. The van der Waals surface area contributed by atoms with E-state index < -0.39 is 0 Å². The number of nitrogens with one attached hydrogen (secondary N) is 1. The van der Waals surface area contributed by atoms with Gasteiger partial charge in [0.2, 0.25) is 0 Å². The molecule has 2 aromatic rings. The van der Waals surface area contributed by atoms with Crippen LogP contribution >= 0.6 is 0 Å². The zero-order valence-corrected chi connectivity index (χ0v) is 15.7. The molecule has 1 amide bonds. The van der Waals surface area contributed by atoms with E-state index >= 15 is 0 Å². The molecule has 3 rings (SSSR count). The van der Waals surface area contributed by atoms with Crippen LogP contribution in [0, 0.1) is 0 Å². The summed E-state index contributed by atoms with van der Waals surface area (Å²) < 4.78 is 11.0. The molecule has 0 unspecified atom stereocenters. The second-order valence-corrected chi connectivity index (χ2v) is 6.91. The number of ether oxygens (including phenoxy) is 2. The number of rotatable bonds is 7. The largest absolute Gasteiger partial charge is 0.454 e. The number of carbonyl (C=O) groups is 2. The van der Waals surface area contributed by atoms with Crippen molar-refractivity contribution in [3.8, 4) is 0 Å². The lowest BCUT2D eigenvalue weighted by Crippen LogP contribution is -2.27. The zero-order valence-electron chi connectivity index (χ0n) is 15.7. The minimum Gasteiger partial charge on any atom is -0.454 e. The summed E-state index contributed by atoms with van der Waals surface area (Å²) in [4.78, 5) is 24.7. The normalized spacial score (nSPS) is 16.0. The van der Waals surface area contributed by atoms with Crippen molar-refractivity contribution in [3.63, 3.8) is 0 Å². The molecular formula is C22H25NO4. The Kier molecular flexibility index (Phi) is 6.24. The molecule has 1 N–H and O–H groups in total. The number of amides is 1. The number of fused-ring (bicyclic) bond motifs is 1. The molecular weight excluding hydrogens is 342 g/mol. The Hall–Kier alpha value is -2.66. The molecule has 1 aliphatic rings. The lowest BCUT2D eigenvalue weighted by molar-refractivity contribution is 0.0252. The number of carbonyl (C=O) groups excluding carboxylic acids is 2. The zero-order chi connectivity index (χ0) is 19.2. The second kappa shape index (κ2) is 8.82. The Bertz CT molecular complexity index is 801. The number of esters is 1. The Morgan fingerprint density at radius 1 is 1.22 bits per heavy atom. The molecule has 0 radical (unpaired) electrons. The van der Waals surface area contributed by atoms with Crippen LogP contribution in [0.4, 0.5) is 0 Å². The Morgan fingerprint density at radius 3 is 2.74 bits per heavy atom. The molecule has 1 aliphatic heterocycles. The van der Waals surface area contributed by atoms with Crippen molar-refractivity contribution in [2.75, 3.05) is 13.2 Å². The maximum Gasteiger partial charge on any atom is 0.339 e. The Balaban J connectivity index is 1.65. The first-order chi connectivity index (χ1) is 13.0. The summed E-state index contributed by atoms with van der Waals surface area (Å²) in [6, 6.07) is 14.8. The van der Waals surface area contributed by atoms with Gasteiger partial charge in [-0.05, 0) is 49.6 Å². The van der Waals surface area contributed by atoms with Crippen molar-refractivity contribution in [1.82, 2.24) is 5.32 Å². The van der Waals surface area contributed by atoms with E-state index in [9.17, 15) is 9.59 Å². The third-order valence-corrected chi connectivity index (χ3v) is 4.47. The molecule has 5 heteroatoms.